The van der Waals surface area contributed by atoms with Crippen LogP contribution < -0.4 is 0 Å². The van der Waals surface area contributed by atoms with Crippen molar-refractivity contribution in [3.05, 3.63) is 11.6 Å². The summed E-state index contributed by atoms with van der Waals surface area (Å²) in [5.74, 6) is 10.2. The lowest BCUT2D eigenvalue weighted by Crippen LogP contribution is -2.50. The quantitative estimate of drug-likeness (QED) is 0.461. The van der Waals surface area contributed by atoms with Crippen LogP contribution in [0.3, 0.4) is 0 Å². The van der Waals surface area contributed by atoms with Crippen LogP contribution >= 0.6 is 0 Å². The highest BCUT2D eigenvalue weighted by atomic mass is 16.3. The normalized spacial score (nSPS) is 45.2. The molecule has 2 nitrogen and oxygen atoms in total. The van der Waals surface area contributed by atoms with Crippen LogP contribution in [0.5, 0.6) is 0 Å². The Labute approximate surface area is 178 Å². The van der Waals surface area contributed by atoms with Gasteiger partial charge in [-0.15, -0.1) is 5.92 Å². The van der Waals surface area contributed by atoms with Gasteiger partial charge < -0.3 is 10.2 Å². The monoisotopic (exact) mass is 398 g/mol. The Balaban J connectivity index is 1.52. The molecule has 4 aliphatic carbocycles. The number of aliphatic hydroxyl groups is 2. The fourth-order valence-corrected chi connectivity index (χ4v) is 8.19. The van der Waals surface area contributed by atoms with Gasteiger partial charge in [0, 0.05) is 6.42 Å². The summed E-state index contributed by atoms with van der Waals surface area (Å²) in [4.78, 5) is 0. The summed E-state index contributed by atoms with van der Waals surface area (Å²) in [6.07, 6.45) is 13.1. The molecule has 3 fully saturated rings. The summed E-state index contributed by atoms with van der Waals surface area (Å²) >= 11 is 0. The standard InChI is InChI=1S/C27H42O2/c1-18(7-6-14-25(2,3)29)22-10-11-23-21-9-8-19-17-20(28)12-15-26(19,4)24(21)13-16-27(22,23)5/h8,18,20-24,28-29H,7,9-13,15-17H2,1-5H3/t18-,20+,21+,22-,23+,24+,26+,27-/m1/s1. The van der Waals surface area contributed by atoms with Crippen LogP contribution in [0.25, 0.3) is 0 Å². The minimum Gasteiger partial charge on any atom is -0.393 e. The summed E-state index contributed by atoms with van der Waals surface area (Å²) in [5.41, 5.74) is 1.48. The lowest BCUT2D eigenvalue weighted by atomic mass is 9.47. The van der Waals surface area contributed by atoms with Crippen molar-refractivity contribution in [3.63, 3.8) is 0 Å². The van der Waals surface area contributed by atoms with E-state index in [1.54, 1.807) is 19.4 Å². The van der Waals surface area contributed by atoms with Gasteiger partial charge in [-0.1, -0.05) is 38.3 Å². The minimum absolute atomic E-state index is 0.110. The molecule has 0 amide bonds. The lowest BCUT2D eigenvalue weighted by molar-refractivity contribution is -0.0563. The Morgan fingerprint density at radius 3 is 2.62 bits per heavy atom. The van der Waals surface area contributed by atoms with Crippen LogP contribution in [0, 0.1) is 52.3 Å². The van der Waals surface area contributed by atoms with E-state index in [1.165, 1.54) is 38.5 Å². The van der Waals surface area contributed by atoms with Gasteiger partial charge in [-0.2, -0.15) is 0 Å². The Morgan fingerprint density at radius 1 is 1.14 bits per heavy atom. The summed E-state index contributed by atoms with van der Waals surface area (Å²) in [6.45, 7) is 11.1. The average molecular weight is 399 g/mol. The maximum atomic E-state index is 10.2. The lowest BCUT2D eigenvalue weighted by Gasteiger charge is -2.58. The number of allylic oxidation sites excluding steroid dienone is 1. The Hall–Kier alpha value is -0.780. The fourth-order valence-electron chi connectivity index (χ4n) is 8.19. The van der Waals surface area contributed by atoms with Crippen molar-refractivity contribution in [2.24, 2.45) is 40.4 Å². The zero-order valence-electron chi connectivity index (χ0n) is 19.3. The molecule has 162 valence electrons. The topological polar surface area (TPSA) is 40.5 Å². The van der Waals surface area contributed by atoms with Crippen LogP contribution in [0.1, 0.15) is 92.4 Å². The van der Waals surface area contributed by atoms with E-state index >= 15 is 0 Å². The maximum absolute atomic E-state index is 10.2. The molecule has 0 radical (unpaired) electrons. The van der Waals surface area contributed by atoms with E-state index in [9.17, 15) is 10.2 Å². The van der Waals surface area contributed by atoms with Crippen molar-refractivity contribution >= 4 is 0 Å². The maximum Gasteiger partial charge on any atom is 0.119 e. The molecule has 0 aliphatic heterocycles. The van der Waals surface area contributed by atoms with Crippen LogP contribution in [0.15, 0.2) is 11.6 Å². The number of hydrogen-bond donors (Lipinski definition) is 2. The molecule has 8 atom stereocenters. The molecule has 2 heteroatoms. The third-order valence-corrected chi connectivity index (χ3v) is 9.66. The van der Waals surface area contributed by atoms with Gasteiger partial charge in [0.1, 0.15) is 5.60 Å². The SMILES string of the molecule is C[C@H](CC#CC(C)(C)O)[C@H]1CC[C@H]2[C@@H]3CC=C4C[C@@H](O)CC[C@]4(C)[C@H]3CC[C@]12C. The summed E-state index contributed by atoms with van der Waals surface area (Å²) in [5, 5.41) is 20.1. The van der Waals surface area contributed by atoms with Gasteiger partial charge in [0.05, 0.1) is 6.10 Å². The molecule has 2 N–H and O–H groups in total. The van der Waals surface area contributed by atoms with Crippen LogP contribution in [-0.2, 0) is 0 Å². The number of fused-ring (bicyclic) bond motifs is 5. The number of hydrogen-bond acceptors (Lipinski definition) is 2. The zero-order valence-corrected chi connectivity index (χ0v) is 19.3. The molecule has 4 aliphatic rings. The number of aliphatic hydroxyl groups excluding tert-OH is 1. The predicted octanol–water partition coefficient (Wildman–Crippen LogP) is 5.73. The smallest absolute Gasteiger partial charge is 0.119 e. The molecular formula is C27H42O2. The molecule has 0 bridgehead atoms. The van der Waals surface area contributed by atoms with Gasteiger partial charge in [0.15, 0.2) is 0 Å². The van der Waals surface area contributed by atoms with E-state index in [1.807, 2.05) is 0 Å². The first-order valence-corrected chi connectivity index (χ1v) is 12.1. The van der Waals surface area contributed by atoms with Crippen molar-refractivity contribution in [3.8, 4) is 11.8 Å². The molecule has 0 spiro atoms. The highest BCUT2D eigenvalue weighted by molar-refractivity contribution is 5.25. The Morgan fingerprint density at radius 2 is 1.90 bits per heavy atom. The van der Waals surface area contributed by atoms with E-state index in [0.717, 1.165) is 42.9 Å². The second kappa shape index (κ2) is 7.42. The Bertz CT molecular complexity index is 719. The van der Waals surface area contributed by atoms with E-state index in [0.29, 0.717) is 16.7 Å². The van der Waals surface area contributed by atoms with Gasteiger partial charge in [0.2, 0.25) is 0 Å². The zero-order chi connectivity index (χ0) is 21.0. The third-order valence-electron chi connectivity index (χ3n) is 9.66. The fraction of sp³-hybridized carbons (Fsp3) is 0.852. The second-order valence-corrected chi connectivity index (χ2v) is 11.9. The minimum atomic E-state index is -0.880. The molecule has 0 unspecified atom stereocenters. The van der Waals surface area contributed by atoms with Gasteiger partial charge in [-0.3, -0.25) is 0 Å². The van der Waals surface area contributed by atoms with Gasteiger partial charge >= 0.3 is 0 Å². The molecule has 4 rings (SSSR count). The largest absolute Gasteiger partial charge is 0.393 e. The molecular weight excluding hydrogens is 356 g/mol. The average Bonchev–Trinajstić information content (AvgIpc) is 2.98. The molecule has 3 saturated carbocycles. The summed E-state index contributed by atoms with van der Waals surface area (Å²) in [7, 11) is 0. The third kappa shape index (κ3) is 3.72. The van der Waals surface area contributed by atoms with Crippen molar-refractivity contribution in [2.45, 2.75) is 104 Å². The molecule has 0 aromatic heterocycles. The summed E-state index contributed by atoms with van der Waals surface area (Å²) in [6, 6.07) is 0. The van der Waals surface area contributed by atoms with Gasteiger partial charge in [-0.25, -0.2) is 0 Å². The second-order valence-electron chi connectivity index (χ2n) is 11.9. The van der Waals surface area contributed by atoms with E-state index < -0.39 is 5.60 Å². The highest BCUT2D eigenvalue weighted by Gasteiger charge is 2.59. The van der Waals surface area contributed by atoms with Crippen molar-refractivity contribution in [2.75, 3.05) is 0 Å². The summed E-state index contributed by atoms with van der Waals surface area (Å²) < 4.78 is 0. The molecule has 29 heavy (non-hydrogen) atoms. The Kier molecular flexibility index (Phi) is 5.49. The van der Waals surface area contributed by atoms with E-state index in [4.69, 9.17) is 0 Å². The highest BCUT2D eigenvalue weighted by Crippen LogP contribution is 2.67. The molecule has 0 heterocycles. The number of rotatable bonds is 2. The molecule has 0 saturated heterocycles. The van der Waals surface area contributed by atoms with E-state index in [2.05, 4.69) is 38.7 Å². The van der Waals surface area contributed by atoms with Crippen molar-refractivity contribution < 1.29 is 10.2 Å². The molecule has 0 aromatic rings. The first kappa shape index (κ1) is 21.5. The van der Waals surface area contributed by atoms with Crippen LogP contribution in [0.2, 0.25) is 0 Å². The first-order chi connectivity index (χ1) is 13.5. The first-order valence-electron chi connectivity index (χ1n) is 12.1. The van der Waals surface area contributed by atoms with Crippen LogP contribution in [0.4, 0.5) is 0 Å². The van der Waals surface area contributed by atoms with Crippen molar-refractivity contribution in [1.29, 1.82) is 0 Å². The van der Waals surface area contributed by atoms with E-state index in [-0.39, 0.29) is 6.10 Å². The van der Waals surface area contributed by atoms with Crippen molar-refractivity contribution in [1.82, 2.24) is 0 Å². The van der Waals surface area contributed by atoms with Crippen LogP contribution in [-0.4, -0.2) is 21.9 Å². The molecule has 0 aromatic carbocycles. The predicted molar refractivity (Wildman–Crippen MR) is 119 cm³/mol. The van der Waals surface area contributed by atoms with Gasteiger partial charge in [-0.05, 0) is 106 Å². The van der Waals surface area contributed by atoms with Gasteiger partial charge in [0.25, 0.3) is 0 Å².